The third-order valence-electron chi connectivity index (χ3n) is 3.86. The molecule has 2 heterocycles. The third kappa shape index (κ3) is 4.89. The Morgan fingerprint density at radius 2 is 2.04 bits per heavy atom. The highest BCUT2D eigenvalue weighted by atomic mass is 16.5. The van der Waals surface area contributed by atoms with E-state index in [1.165, 1.54) is 12.4 Å². The standard InChI is InChI=1S/C17H28N4O2/c1-11(2)23-15-8-19-14(7-20-15)16(22)21-9-12(13(18)10-21)6-17(3,4)5/h7-8,11-13H,6,9-10,18H2,1-5H3/t12-,13-/m1/s1. The highest BCUT2D eigenvalue weighted by Crippen LogP contribution is 2.30. The number of rotatable bonds is 4. The molecule has 1 saturated heterocycles. The van der Waals surface area contributed by atoms with Gasteiger partial charge in [-0.05, 0) is 31.6 Å². The normalized spacial score (nSPS) is 21.8. The Balaban J connectivity index is 2.01. The van der Waals surface area contributed by atoms with Crippen molar-refractivity contribution in [1.82, 2.24) is 14.9 Å². The zero-order valence-corrected chi connectivity index (χ0v) is 14.7. The fraction of sp³-hybridized carbons (Fsp3) is 0.706. The molecule has 0 aliphatic carbocycles. The van der Waals surface area contributed by atoms with Crippen LogP contribution in [0.3, 0.4) is 0 Å². The number of likely N-dealkylation sites (tertiary alicyclic amines) is 1. The zero-order chi connectivity index (χ0) is 17.2. The van der Waals surface area contributed by atoms with E-state index in [4.69, 9.17) is 10.5 Å². The molecule has 1 aliphatic rings. The number of carbonyl (C=O) groups excluding carboxylic acids is 1. The molecule has 2 rings (SSSR count). The molecule has 0 radical (unpaired) electrons. The summed E-state index contributed by atoms with van der Waals surface area (Å²) < 4.78 is 5.44. The highest BCUT2D eigenvalue weighted by molar-refractivity contribution is 5.92. The Hall–Kier alpha value is -1.69. The fourth-order valence-electron chi connectivity index (χ4n) is 2.96. The van der Waals surface area contributed by atoms with Crippen LogP contribution in [0.5, 0.6) is 5.88 Å². The summed E-state index contributed by atoms with van der Waals surface area (Å²) in [7, 11) is 0. The molecule has 0 bridgehead atoms. The first-order chi connectivity index (χ1) is 10.7. The summed E-state index contributed by atoms with van der Waals surface area (Å²) >= 11 is 0. The number of hydrogen-bond donors (Lipinski definition) is 1. The molecule has 6 heteroatoms. The molecule has 1 amide bonds. The van der Waals surface area contributed by atoms with Gasteiger partial charge in [-0.25, -0.2) is 9.97 Å². The van der Waals surface area contributed by atoms with Gasteiger partial charge in [0, 0.05) is 19.1 Å². The van der Waals surface area contributed by atoms with Gasteiger partial charge >= 0.3 is 0 Å². The van der Waals surface area contributed by atoms with E-state index in [-0.39, 0.29) is 23.5 Å². The molecule has 1 aromatic rings. The lowest BCUT2D eigenvalue weighted by Gasteiger charge is -2.24. The highest BCUT2D eigenvalue weighted by Gasteiger charge is 2.35. The SMILES string of the molecule is CC(C)Oc1cnc(C(=O)N2C[C@@H](CC(C)(C)C)[C@H](N)C2)cn1. The maximum Gasteiger partial charge on any atom is 0.274 e. The first-order valence-electron chi connectivity index (χ1n) is 8.19. The van der Waals surface area contributed by atoms with Crippen LogP contribution in [0.15, 0.2) is 12.4 Å². The third-order valence-corrected chi connectivity index (χ3v) is 3.86. The van der Waals surface area contributed by atoms with Crippen molar-refractivity contribution >= 4 is 5.91 Å². The summed E-state index contributed by atoms with van der Waals surface area (Å²) in [6.45, 7) is 11.7. The molecule has 0 spiro atoms. The lowest BCUT2D eigenvalue weighted by atomic mass is 9.83. The van der Waals surface area contributed by atoms with E-state index in [0.29, 0.717) is 30.6 Å². The number of aromatic nitrogens is 2. The minimum absolute atomic E-state index is 0.0229. The summed E-state index contributed by atoms with van der Waals surface area (Å²) in [6.07, 6.45) is 4.00. The van der Waals surface area contributed by atoms with E-state index in [0.717, 1.165) is 6.42 Å². The fourth-order valence-corrected chi connectivity index (χ4v) is 2.96. The van der Waals surface area contributed by atoms with Crippen LogP contribution in [0.25, 0.3) is 0 Å². The van der Waals surface area contributed by atoms with Crippen molar-refractivity contribution in [2.24, 2.45) is 17.1 Å². The van der Waals surface area contributed by atoms with Gasteiger partial charge in [0.25, 0.3) is 5.91 Å². The summed E-state index contributed by atoms with van der Waals surface area (Å²) in [4.78, 5) is 22.7. The molecule has 1 aromatic heterocycles. The van der Waals surface area contributed by atoms with Crippen molar-refractivity contribution in [3.8, 4) is 5.88 Å². The topological polar surface area (TPSA) is 81.3 Å². The van der Waals surface area contributed by atoms with Crippen molar-refractivity contribution in [3.05, 3.63) is 18.1 Å². The van der Waals surface area contributed by atoms with Crippen molar-refractivity contribution < 1.29 is 9.53 Å². The number of hydrogen-bond acceptors (Lipinski definition) is 5. The van der Waals surface area contributed by atoms with Gasteiger partial charge < -0.3 is 15.4 Å². The number of carbonyl (C=O) groups is 1. The summed E-state index contributed by atoms with van der Waals surface area (Å²) in [5.74, 6) is 0.649. The molecule has 128 valence electrons. The summed E-state index contributed by atoms with van der Waals surface area (Å²) in [5.41, 5.74) is 6.76. The monoisotopic (exact) mass is 320 g/mol. The Morgan fingerprint density at radius 1 is 1.35 bits per heavy atom. The lowest BCUT2D eigenvalue weighted by Crippen LogP contribution is -2.33. The van der Waals surface area contributed by atoms with Crippen LogP contribution >= 0.6 is 0 Å². The molecule has 0 saturated carbocycles. The Labute approximate surface area is 138 Å². The Kier molecular flexibility index (Phi) is 5.24. The predicted molar refractivity (Wildman–Crippen MR) is 89.2 cm³/mol. The summed E-state index contributed by atoms with van der Waals surface area (Å²) in [6, 6.07) is 0.0229. The smallest absolute Gasteiger partial charge is 0.274 e. The van der Waals surface area contributed by atoms with E-state index in [1.807, 2.05) is 13.8 Å². The van der Waals surface area contributed by atoms with Gasteiger partial charge in [0.1, 0.15) is 5.69 Å². The number of amides is 1. The average molecular weight is 320 g/mol. The quantitative estimate of drug-likeness (QED) is 0.919. The van der Waals surface area contributed by atoms with Crippen LogP contribution in [-0.4, -0.2) is 46.0 Å². The van der Waals surface area contributed by atoms with Gasteiger partial charge in [-0.2, -0.15) is 0 Å². The van der Waals surface area contributed by atoms with Crippen molar-refractivity contribution in [2.75, 3.05) is 13.1 Å². The van der Waals surface area contributed by atoms with Gasteiger partial charge in [0.05, 0.1) is 18.5 Å². The number of ether oxygens (including phenoxy) is 1. The van der Waals surface area contributed by atoms with Gasteiger partial charge in [0.15, 0.2) is 0 Å². The van der Waals surface area contributed by atoms with Gasteiger partial charge in [-0.15, -0.1) is 0 Å². The number of nitrogens with zero attached hydrogens (tertiary/aromatic N) is 3. The second kappa shape index (κ2) is 6.83. The maximum atomic E-state index is 12.6. The number of nitrogens with two attached hydrogens (primary N) is 1. The van der Waals surface area contributed by atoms with Crippen molar-refractivity contribution in [1.29, 1.82) is 0 Å². The maximum absolute atomic E-state index is 12.6. The van der Waals surface area contributed by atoms with Crippen LogP contribution in [0.2, 0.25) is 0 Å². The molecular formula is C17H28N4O2. The largest absolute Gasteiger partial charge is 0.474 e. The molecule has 0 aromatic carbocycles. The second-order valence-corrected chi connectivity index (χ2v) is 7.81. The lowest BCUT2D eigenvalue weighted by molar-refractivity contribution is 0.0776. The Morgan fingerprint density at radius 3 is 2.57 bits per heavy atom. The molecule has 6 nitrogen and oxygen atoms in total. The van der Waals surface area contributed by atoms with E-state index in [1.54, 1.807) is 4.90 Å². The van der Waals surface area contributed by atoms with Crippen LogP contribution < -0.4 is 10.5 Å². The van der Waals surface area contributed by atoms with Gasteiger partial charge in [-0.3, -0.25) is 4.79 Å². The minimum atomic E-state index is -0.111. The van der Waals surface area contributed by atoms with Crippen LogP contribution in [0.4, 0.5) is 0 Å². The minimum Gasteiger partial charge on any atom is -0.474 e. The van der Waals surface area contributed by atoms with E-state index in [9.17, 15) is 4.79 Å². The second-order valence-electron chi connectivity index (χ2n) is 7.81. The molecule has 2 N–H and O–H groups in total. The molecular weight excluding hydrogens is 292 g/mol. The zero-order valence-electron chi connectivity index (χ0n) is 14.7. The molecule has 23 heavy (non-hydrogen) atoms. The predicted octanol–water partition coefficient (Wildman–Crippen LogP) is 2.10. The molecule has 1 fully saturated rings. The molecule has 1 aliphatic heterocycles. The van der Waals surface area contributed by atoms with E-state index >= 15 is 0 Å². The van der Waals surface area contributed by atoms with Crippen molar-refractivity contribution in [2.45, 2.75) is 53.2 Å². The molecule has 2 atom stereocenters. The van der Waals surface area contributed by atoms with Crippen molar-refractivity contribution in [3.63, 3.8) is 0 Å². The van der Waals surface area contributed by atoms with E-state index in [2.05, 4.69) is 30.7 Å². The Bertz CT molecular complexity index is 537. The van der Waals surface area contributed by atoms with Crippen LogP contribution in [0.1, 0.15) is 51.5 Å². The van der Waals surface area contributed by atoms with E-state index < -0.39 is 0 Å². The van der Waals surface area contributed by atoms with Gasteiger partial charge in [-0.1, -0.05) is 20.8 Å². The summed E-state index contributed by atoms with van der Waals surface area (Å²) in [5, 5.41) is 0. The van der Waals surface area contributed by atoms with Crippen LogP contribution in [0, 0.1) is 11.3 Å². The first-order valence-corrected chi connectivity index (χ1v) is 8.19. The molecule has 0 unspecified atom stereocenters. The van der Waals surface area contributed by atoms with Gasteiger partial charge in [0.2, 0.25) is 5.88 Å². The van der Waals surface area contributed by atoms with Crippen LogP contribution in [-0.2, 0) is 0 Å². The average Bonchev–Trinajstić information content (AvgIpc) is 2.77. The first kappa shape index (κ1) is 17.7.